The first-order chi connectivity index (χ1) is 7.02. The third-order valence-electron chi connectivity index (χ3n) is 1.73. The number of benzene rings is 1. The molecule has 15 heavy (non-hydrogen) atoms. The number of hydrogen-bond donors (Lipinski definition) is 0. The highest BCUT2D eigenvalue weighted by Crippen LogP contribution is 2.33. The zero-order chi connectivity index (χ0) is 11.6. The molecule has 0 aliphatic rings. The summed E-state index contributed by atoms with van der Waals surface area (Å²) >= 11 is 2.79. The number of carbonyl (C=O) groups is 1. The molecule has 0 fully saturated rings. The molecule has 3 nitrogen and oxygen atoms in total. The molecule has 0 radical (unpaired) electrons. The van der Waals surface area contributed by atoms with Crippen molar-refractivity contribution in [2.75, 3.05) is 14.2 Å². The highest BCUT2D eigenvalue weighted by Gasteiger charge is 2.22. The third-order valence-corrected chi connectivity index (χ3v) is 2.44. The summed E-state index contributed by atoms with van der Waals surface area (Å²) in [5.74, 6) is -3.16. The van der Waals surface area contributed by atoms with E-state index in [1.807, 2.05) is 0 Å². The fourth-order valence-electron chi connectivity index (χ4n) is 1.04. The van der Waals surface area contributed by atoms with Crippen molar-refractivity contribution in [2.45, 2.75) is 0 Å². The van der Waals surface area contributed by atoms with Gasteiger partial charge in [0.15, 0.2) is 17.4 Å². The molecule has 0 aliphatic carbocycles. The zero-order valence-corrected chi connectivity index (χ0v) is 9.52. The second kappa shape index (κ2) is 4.57. The SMILES string of the molecule is COC(=O)c1cc(F)c(F)c(Br)c1OC. The molecule has 0 atom stereocenters. The van der Waals surface area contributed by atoms with Crippen LogP contribution in [0.15, 0.2) is 10.5 Å². The van der Waals surface area contributed by atoms with Gasteiger partial charge in [0.1, 0.15) is 5.56 Å². The topological polar surface area (TPSA) is 35.5 Å². The monoisotopic (exact) mass is 280 g/mol. The number of halogens is 3. The van der Waals surface area contributed by atoms with Crippen LogP contribution in [0.5, 0.6) is 5.75 Å². The van der Waals surface area contributed by atoms with Gasteiger partial charge in [-0.3, -0.25) is 0 Å². The van der Waals surface area contributed by atoms with Gasteiger partial charge in [0, 0.05) is 0 Å². The van der Waals surface area contributed by atoms with Crippen molar-refractivity contribution in [3.63, 3.8) is 0 Å². The Morgan fingerprint density at radius 3 is 2.47 bits per heavy atom. The van der Waals surface area contributed by atoms with Crippen LogP contribution in [0.2, 0.25) is 0 Å². The van der Waals surface area contributed by atoms with Gasteiger partial charge in [0.2, 0.25) is 0 Å². The van der Waals surface area contributed by atoms with E-state index < -0.39 is 17.6 Å². The molecule has 0 saturated heterocycles. The summed E-state index contributed by atoms with van der Waals surface area (Å²) < 4.78 is 35.0. The standard InChI is InChI=1S/C9H7BrF2O3/c1-14-8-4(9(13)15-2)3-5(11)7(12)6(8)10/h3H,1-2H3. The average molecular weight is 281 g/mol. The van der Waals surface area contributed by atoms with Crippen molar-refractivity contribution >= 4 is 21.9 Å². The highest BCUT2D eigenvalue weighted by atomic mass is 79.9. The summed E-state index contributed by atoms with van der Waals surface area (Å²) in [5.41, 5.74) is -0.175. The Morgan fingerprint density at radius 1 is 1.40 bits per heavy atom. The normalized spacial score (nSPS) is 9.93. The fourth-order valence-corrected chi connectivity index (χ4v) is 1.60. The summed E-state index contributed by atoms with van der Waals surface area (Å²) in [4.78, 5) is 11.2. The first-order valence-corrected chi connectivity index (χ1v) is 4.62. The summed E-state index contributed by atoms with van der Waals surface area (Å²) in [6.45, 7) is 0. The number of esters is 1. The molecule has 0 amide bonds. The number of rotatable bonds is 2. The van der Waals surface area contributed by atoms with Crippen LogP contribution in [0.3, 0.4) is 0 Å². The maximum absolute atomic E-state index is 13.1. The Labute approximate surface area is 93.1 Å². The summed E-state index contributed by atoms with van der Waals surface area (Å²) in [6, 6.07) is 0.727. The molecule has 0 bridgehead atoms. The molecular weight excluding hydrogens is 274 g/mol. The van der Waals surface area contributed by atoms with E-state index in [-0.39, 0.29) is 15.8 Å². The lowest BCUT2D eigenvalue weighted by atomic mass is 10.2. The Kier molecular flexibility index (Phi) is 3.62. The minimum Gasteiger partial charge on any atom is -0.495 e. The lowest BCUT2D eigenvalue weighted by molar-refractivity contribution is 0.0596. The van der Waals surface area contributed by atoms with Crippen LogP contribution >= 0.6 is 15.9 Å². The molecule has 0 unspecified atom stereocenters. The summed E-state index contributed by atoms with van der Waals surface area (Å²) in [6.07, 6.45) is 0. The van der Waals surface area contributed by atoms with E-state index in [0.29, 0.717) is 0 Å². The van der Waals surface area contributed by atoms with Crippen LogP contribution in [-0.4, -0.2) is 20.2 Å². The molecule has 0 spiro atoms. The molecule has 0 heterocycles. The smallest absolute Gasteiger partial charge is 0.341 e. The quantitative estimate of drug-likeness (QED) is 0.617. The number of methoxy groups -OCH3 is 2. The van der Waals surface area contributed by atoms with Crippen LogP contribution in [0.25, 0.3) is 0 Å². The van der Waals surface area contributed by atoms with Gasteiger partial charge in [-0.05, 0) is 22.0 Å². The van der Waals surface area contributed by atoms with Gasteiger partial charge in [-0.2, -0.15) is 0 Å². The van der Waals surface area contributed by atoms with Gasteiger partial charge in [-0.15, -0.1) is 0 Å². The highest BCUT2D eigenvalue weighted by molar-refractivity contribution is 9.10. The number of ether oxygens (including phenoxy) is 2. The van der Waals surface area contributed by atoms with E-state index in [2.05, 4.69) is 20.7 Å². The molecule has 1 aromatic carbocycles. The van der Waals surface area contributed by atoms with Crippen LogP contribution < -0.4 is 4.74 Å². The molecule has 82 valence electrons. The van der Waals surface area contributed by atoms with E-state index in [4.69, 9.17) is 4.74 Å². The lowest BCUT2D eigenvalue weighted by Gasteiger charge is -2.09. The minimum absolute atomic E-state index is 0.0965. The van der Waals surface area contributed by atoms with E-state index in [1.54, 1.807) is 0 Å². The van der Waals surface area contributed by atoms with Crippen LogP contribution in [-0.2, 0) is 4.74 Å². The van der Waals surface area contributed by atoms with E-state index >= 15 is 0 Å². The predicted molar refractivity (Wildman–Crippen MR) is 51.9 cm³/mol. The number of hydrogen-bond acceptors (Lipinski definition) is 3. The second-order valence-electron chi connectivity index (χ2n) is 2.56. The molecule has 0 aliphatic heterocycles. The van der Waals surface area contributed by atoms with Gasteiger partial charge in [0.25, 0.3) is 0 Å². The molecule has 0 aromatic heterocycles. The zero-order valence-electron chi connectivity index (χ0n) is 7.94. The second-order valence-corrected chi connectivity index (χ2v) is 3.35. The molecule has 0 saturated carbocycles. The third kappa shape index (κ3) is 2.09. The van der Waals surface area contributed by atoms with Gasteiger partial charge in [-0.25, -0.2) is 13.6 Å². The van der Waals surface area contributed by atoms with Crippen LogP contribution in [0.1, 0.15) is 10.4 Å². The summed E-state index contributed by atoms with van der Waals surface area (Å²) in [5, 5.41) is 0. The van der Waals surface area contributed by atoms with E-state index in [1.165, 1.54) is 7.11 Å². The molecule has 6 heteroatoms. The Morgan fingerprint density at radius 2 is 2.00 bits per heavy atom. The fraction of sp³-hybridized carbons (Fsp3) is 0.222. The van der Waals surface area contributed by atoms with Crippen molar-refractivity contribution in [3.05, 3.63) is 27.7 Å². The Bertz CT molecular complexity index is 407. The van der Waals surface area contributed by atoms with Gasteiger partial charge in [0.05, 0.1) is 18.7 Å². The first kappa shape index (κ1) is 11.9. The van der Waals surface area contributed by atoms with Crippen molar-refractivity contribution in [2.24, 2.45) is 0 Å². The Hall–Kier alpha value is -1.17. The first-order valence-electron chi connectivity index (χ1n) is 3.82. The maximum Gasteiger partial charge on any atom is 0.341 e. The van der Waals surface area contributed by atoms with Crippen molar-refractivity contribution < 1.29 is 23.0 Å². The van der Waals surface area contributed by atoms with E-state index in [9.17, 15) is 13.6 Å². The van der Waals surface area contributed by atoms with Gasteiger partial charge < -0.3 is 9.47 Å². The molecule has 1 rings (SSSR count). The molecule has 0 N–H and O–H groups in total. The van der Waals surface area contributed by atoms with Crippen LogP contribution in [0, 0.1) is 11.6 Å². The van der Waals surface area contributed by atoms with Crippen molar-refractivity contribution in [1.82, 2.24) is 0 Å². The Balaban J connectivity index is 3.45. The maximum atomic E-state index is 13.1. The predicted octanol–water partition coefficient (Wildman–Crippen LogP) is 2.52. The molecule has 1 aromatic rings. The van der Waals surface area contributed by atoms with E-state index in [0.717, 1.165) is 13.2 Å². The number of carbonyl (C=O) groups excluding carboxylic acids is 1. The average Bonchev–Trinajstić information content (AvgIpc) is 2.24. The van der Waals surface area contributed by atoms with Crippen LogP contribution in [0.4, 0.5) is 8.78 Å². The summed E-state index contributed by atoms with van der Waals surface area (Å²) in [7, 11) is 2.38. The van der Waals surface area contributed by atoms with Gasteiger partial charge >= 0.3 is 5.97 Å². The molecular formula is C9H7BrF2O3. The van der Waals surface area contributed by atoms with Crippen molar-refractivity contribution in [1.29, 1.82) is 0 Å². The lowest BCUT2D eigenvalue weighted by Crippen LogP contribution is -2.06. The van der Waals surface area contributed by atoms with Crippen molar-refractivity contribution in [3.8, 4) is 5.75 Å². The largest absolute Gasteiger partial charge is 0.495 e. The minimum atomic E-state index is -1.15. The van der Waals surface area contributed by atoms with Gasteiger partial charge in [-0.1, -0.05) is 0 Å².